The lowest BCUT2D eigenvalue weighted by molar-refractivity contribution is 0.0437. The molecule has 0 bridgehead atoms. The van der Waals surface area contributed by atoms with Crippen molar-refractivity contribution >= 4 is 0 Å². The summed E-state index contributed by atoms with van der Waals surface area (Å²) in [5, 5.41) is 0. The molecule has 0 amide bonds. The Morgan fingerprint density at radius 2 is 2.38 bits per heavy atom. The lowest BCUT2D eigenvalue weighted by atomic mass is 10.2. The smallest absolute Gasteiger partial charge is 0.0823 e. The third-order valence-corrected chi connectivity index (χ3v) is 2.36. The van der Waals surface area contributed by atoms with Crippen molar-refractivity contribution in [3.63, 3.8) is 0 Å². The first kappa shape index (κ1) is 13.1. The molecule has 4 nitrogen and oxygen atoms in total. The summed E-state index contributed by atoms with van der Waals surface area (Å²) in [6.07, 6.45) is 3.78. The largest absolute Gasteiger partial charge is 0.376 e. The number of rotatable bonds is 7. The first-order chi connectivity index (χ1) is 7.76. The van der Waals surface area contributed by atoms with Gasteiger partial charge in [-0.1, -0.05) is 6.07 Å². The third-order valence-electron chi connectivity index (χ3n) is 2.36. The van der Waals surface area contributed by atoms with Crippen LogP contribution in [0.2, 0.25) is 0 Å². The number of nitrogens with two attached hydrogens (primary N) is 1. The molecule has 0 aliphatic rings. The summed E-state index contributed by atoms with van der Waals surface area (Å²) in [6.45, 7) is 4.98. The summed E-state index contributed by atoms with van der Waals surface area (Å²) >= 11 is 0. The van der Waals surface area contributed by atoms with Gasteiger partial charge in [-0.3, -0.25) is 9.88 Å². The van der Waals surface area contributed by atoms with Crippen LogP contribution in [0.3, 0.4) is 0 Å². The van der Waals surface area contributed by atoms with Crippen LogP contribution in [0.25, 0.3) is 0 Å². The molecule has 90 valence electrons. The lowest BCUT2D eigenvalue weighted by Crippen LogP contribution is -2.36. The maximum atomic E-state index is 5.64. The summed E-state index contributed by atoms with van der Waals surface area (Å²) in [7, 11) is 2.06. The van der Waals surface area contributed by atoms with Gasteiger partial charge in [0, 0.05) is 38.6 Å². The van der Waals surface area contributed by atoms with Crippen LogP contribution >= 0.6 is 0 Å². The van der Waals surface area contributed by atoms with Gasteiger partial charge in [-0.05, 0) is 25.6 Å². The zero-order chi connectivity index (χ0) is 11.8. The molecule has 1 aromatic heterocycles. The molecule has 1 rings (SSSR count). The van der Waals surface area contributed by atoms with Gasteiger partial charge in [0.15, 0.2) is 0 Å². The average molecular weight is 223 g/mol. The molecule has 0 radical (unpaired) electrons. The van der Waals surface area contributed by atoms with E-state index in [0.717, 1.165) is 13.1 Å². The second-order valence-electron chi connectivity index (χ2n) is 3.87. The Labute approximate surface area is 97.4 Å². The van der Waals surface area contributed by atoms with Crippen molar-refractivity contribution in [1.29, 1.82) is 0 Å². The Morgan fingerprint density at radius 1 is 1.56 bits per heavy atom. The molecule has 0 fully saturated rings. The van der Waals surface area contributed by atoms with Gasteiger partial charge in [0.1, 0.15) is 0 Å². The minimum absolute atomic E-state index is 0.117. The van der Waals surface area contributed by atoms with Crippen LogP contribution in [0.1, 0.15) is 12.5 Å². The Kier molecular flexibility index (Phi) is 6.00. The standard InChI is InChI=1S/C12H21N3O/c1-3-16-12(7-13)10-15(2)9-11-5-4-6-14-8-11/h4-6,8,12H,3,7,9-10,13H2,1-2H3. The molecule has 1 atom stereocenters. The van der Waals surface area contributed by atoms with E-state index < -0.39 is 0 Å². The first-order valence-corrected chi connectivity index (χ1v) is 5.65. The molecule has 0 aliphatic heterocycles. The number of hydrogen-bond donors (Lipinski definition) is 1. The number of likely N-dealkylation sites (N-methyl/N-ethyl adjacent to an activating group) is 1. The molecular weight excluding hydrogens is 202 g/mol. The van der Waals surface area contributed by atoms with E-state index in [9.17, 15) is 0 Å². The van der Waals surface area contributed by atoms with Crippen LogP contribution in [-0.4, -0.2) is 42.7 Å². The monoisotopic (exact) mass is 223 g/mol. The summed E-state index contributed by atoms with van der Waals surface area (Å²) in [5.41, 5.74) is 6.84. The predicted molar refractivity (Wildman–Crippen MR) is 65.0 cm³/mol. The number of ether oxygens (including phenoxy) is 1. The maximum Gasteiger partial charge on any atom is 0.0823 e. The van der Waals surface area contributed by atoms with Crippen LogP contribution < -0.4 is 5.73 Å². The van der Waals surface area contributed by atoms with Gasteiger partial charge in [-0.25, -0.2) is 0 Å². The lowest BCUT2D eigenvalue weighted by Gasteiger charge is -2.22. The Hall–Kier alpha value is -0.970. The van der Waals surface area contributed by atoms with E-state index in [1.165, 1.54) is 5.56 Å². The molecule has 1 heterocycles. The van der Waals surface area contributed by atoms with Crippen molar-refractivity contribution < 1.29 is 4.74 Å². The first-order valence-electron chi connectivity index (χ1n) is 5.65. The van der Waals surface area contributed by atoms with Crippen molar-refractivity contribution in [1.82, 2.24) is 9.88 Å². The van der Waals surface area contributed by atoms with Crippen LogP contribution in [0.15, 0.2) is 24.5 Å². The predicted octanol–water partition coefficient (Wildman–Crippen LogP) is 0.877. The van der Waals surface area contributed by atoms with Gasteiger partial charge < -0.3 is 10.5 Å². The molecule has 4 heteroatoms. The Morgan fingerprint density at radius 3 is 2.94 bits per heavy atom. The van der Waals surface area contributed by atoms with Crippen molar-refractivity contribution in [2.45, 2.75) is 19.6 Å². The van der Waals surface area contributed by atoms with Gasteiger partial charge in [0.05, 0.1) is 6.10 Å². The molecule has 1 aromatic rings. The van der Waals surface area contributed by atoms with Gasteiger partial charge >= 0.3 is 0 Å². The van der Waals surface area contributed by atoms with Gasteiger partial charge in [-0.15, -0.1) is 0 Å². The van der Waals surface area contributed by atoms with Crippen LogP contribution in [0.5, 0.6) is 0 Å². The molecule has 0 aliphatic carbocycles. The van der Waals surface area contributed by atoms with E-state index in [2.05, 4.69) is 23.0 Å². The number of hydrogen-bond acceptors (Lipinski definition) is 4. The normalized spacial score (nSPS) is 13.0. The van der Waals surface area contributed by atoms with E-state index in [-0.39, 0.29) is 6.10 Å². The molecule has 0 spiro atoms. The topological polar surface area (TPSA) is 51.4 Å². The average Bonchev–Trinajstić information content (AvgIpc) is 2.29. The highest BCUT2D eigenvalue weighted by Crippen LogP contribution is 2.02. The quantitative estimate of drug-likeness (QED) is 0.745. The summed E-state index contributed by atoms with van der Waals surface area (Å²) in [4.78, 5) is 6.29. The van der Waals surface area contributed by atoms with E-state index >= 15 is 0 Å². The summed E-state index contributed by atoms with van der Waals surface area (Å²) < 4.78 is 5.52. The minimum atomic E-state index is 0.117. The highest BCUT2D eigenvalue weighted by atomic mass is 16.5. The van der Waals surface area contributed by atoms with Crippen LogP contribution in [0.4, 0.5) is 0 Å². The van der Waals surface area contributed by atoms with Crippen molar-refractivity contribution in [2.24, 2.45) is 5.73 Å². The molecule has 0 saturated carbocycles. The Balaban J connectivity index is 2.37. The van der Waals surface area contributed by atoms with Crippen molar-refractivity contribution in [3.05, 3.63) is 30.1 Å². The SMILES string of the molecule is CCOC(CN)CN(C)Cc1cccnc1. The van der Waals surface area contributed by atoms with E-state index in [1.54, 1.807) is 6.20 Å². The second-order valence-corrected chi connectivity index (χ2v) is 3.87. The van der Waals surface area contributed by atoms with E-state index in [1.807, 2.05) is 19.2 Å². The number of nitrogens with zero attached hydrogens (tertiary/aromatic N) is 2. The highest BCUT2D eigenvalue weighted by molar-refractivity contribution is 5.07. The molecule has 0 saturated heterocycles. The molecule has 16 heavy (non-hydrogen) atoms. The zero-order valence-corrected chi connectivity index (χ0v) is 10.1. The fourth-order valence-electron chi connectivity index (χ4n) is 1.65. The number of pyridine rings is 1. The fourth-order valence-corrected chi connectivity index (χ4v) is 1.65. The summed E-state index contributed by atoms with van der Waals surface area (Å²) in [6, 6.07) is 4.02. The van der Waals surface area contributed by atoms with Crippen molar-refractivity contribution in [3.8, 4) is 0 Å². The second kappa shape index (κ2) is 7.33. The zero-order valence-electron chi connectivity index (χ0n) is 10.1. The molecule has 0 aromatic carbocycles. The van der Waals surface area contributed by atoms with E-state index in [4.69, 9.17) is 10.5 Å². The highest BCUT2D eigenvalue weighted by Gasteiger charge is 2.09. The Bertz CT molecular complexity index is 279. The fraction of sp³-hybridized carbons (Fsp3) is 0.583. The van der Waals surface area contributed by atoms with Crippen LogP contribution in [-0.2, 0) is 11.3 Å². The minimum Gasteiger partial charge on any atom is -0.376 e. The molecular formula is C12H21N3O. The summed E-state index contributed by atoms with van der Waals surface area (Å²) in [5.74, 6) is 0. The molecule has 2 N–H and O–H groups in total. The van der Waals surface area contributed by atoms with Crippen LogP contribution in [0, 0.1) is 0 Å². The van der Waals surface area contributed by atoms with Gasteiger partial charge in [0.2, 0.25) is 0 Å². The third kappa shape index (κ3) is 4.70. The maximum absolute atomic E-state index is 5.64. The van der Waals surface area contributed by atoms with E-state index in [0.29, 0.717) is 13.2 Å². The van der Waals surface area contributed by atoms with Gasteiger partial charge in [-0.2, -0.15) is 0 Å². The number of aromatic nitrogens is 1. The van der Waals surface area contributed by atoms with Gasteiger partial charge in [0.25, 0.3) is 0 Å². The van der Waals surface area contributed by atoms with Crippen molar-refractivity contribution in [2.75, 3.05) is 26.7 Å². The molecule has 1 unspecified atom stereocenters.